The van der Waals surface area contributed by atoms with Crippen molar-refractivity contribution in [2.24, 2.45) is 11.8 Å². The lowest BCUT2D eigenvalue weighted by atomic mass is 9.93. The summed E-state index contributed by atoms with van der Waals surface area (Å²) in [6.07, 6.45) is 1.58. The minimum atomic E-state index is -1.06. The molecule has 2 N–H and O–H groups in total. The van der Waals surface area contributed by atoms with Gasteiger partial charge in [-0.2, -0.15) is 0 Å². The number of amides is 2. The van der Waals surface area contributed by atoms with Crippen molar-refractivity contribution in [1.29, 1.82) is 0 Å². The third-order valence-electron chi connectivity index (χ3n) is 5.59. The van der Waals surface area contributed by atoms with Gasteiger partial charge < -0.3 is 20.1 Å². The van der Waals surface area contributed by atoms with Crippen LogP contribution in [0, 0.1) is 25.7 Å². The van der Waals surface area contributed by atoms with Crippen molar-refractivity contribution in [2.75, 3.05) is 24.7 Å². The van der Waals surface area contributed by atoms with E-state index in [2.05, 4.69) is 5.32 Å². The van der Waals surface area contributed by atoms with Crippen LogP contribution in [0.15, 0.2) is 18.2 Å². The lowest BCUT2D eigenvalue weighted by Crippen LogP contribution is -2.50. The van der Waals surface area contributed by atoms with Crippen LogP contribution in [0.25, 0.3) is 0 Å². The molecular weight excluding hydrogens is 348 g/mol. The molecule has 146 valence electrons. The number of nitrogens with zero attached hydrogens (tertiary/aromatic N) is 1. The van der Waals surface area contributed by atoms with E-state index in [9.17, 15) is 19.5 Å². The number of nitrogens with one attached hydrogen (secondary N) is 1. The number of anilines is 1. The van der Waals surface area contributed by atoms with Crippen LogP contribution in [0.2, 0.25) is 0 Å². The summed E-state index contributed by atoms with van der Waals surface area (Å²) in [6, 6.07) is 4.76. The van der Waals surface area contributed by atoms with Gasteiger partial charge in [-0.25, -0.2) is 4.79 Å². The Morgan fingerprint density at radius 1 is 1.33 bits per heavy atom. The summed E-state index contributed by atoms with van der Waals surface area (Å²) in [5, 5.41) is 12.2. The van der Waals surface area contributed by atoms with Gasteiger partial charge in [0.05, 0.1) is 12.5 Å². The average molecular weight is 374 g/mol. The topological polar surface area (TPSA) is 95.9 Å². The molecule has 2 aliphatic heterocycles. The Balaban J connectivity index is 1.69. The third kappa shape index (κ3) is 4.13. The van der Waals surface area contributed by atoms with Crippen molar-refractivity contribution in [1.82, 2.24) is 5.32 Å². The predicted molar refractivity (Wildman–Crippen MR) is 99.5 cm³/mol. The summed E-state index contributed by atoms with van der Waals surface area (Å²) in [6.45, 7) is 5.15. The molecule has 27 heavy (non-hydrogen) atoms. The lowest BCUT2D eigenvalue weighted by Gasteiger charge is -2.28. The third-order valence-corrected chi connectivity index (χ3v) is 5.59. The molecule has 3 unspecified atom stereocenters. The zero-order valence-corrected chi connectivity index (χ0v) is 15.7. The minimum absolute atomic E-state index is 0.0900. The molecule has 2 amide bonds. The number of carbonyl (C=O) groups excluding carboxylic acids is 2. The highest BCUT2D eigenvalue weighted by atomic mass is 16.5. The van der Waals surface area contributed by atoms with E-state index in [1.54, 1.807) is 4.90 Å². The van der Waals surface area contributed by atoms with Gasteiger partial charge in [0.2, 0.25) is 11.8 Å². The highest BCUT2D eigenvalue weighted by Gasteiger charge is 2.39. The first-order valence-corrected chi connectivity index (χ1v) is 9.36. The van der Waals surface area contributed by atoms with Crippen LogP contribution >= 0.6 is 0 Å². The van der Waals surface area contributed by atoms with Crippen LogP contribution in [0.1, 0.15) is 30.4 Å². The molecule has 0 saturated carbocycles. The van der Waals surface area contributed by atoms with Gasteiger partial charge >= 0.3 is 5.97 Å². The SMILES string of the molecule is Cc1cccc(N2CC(C(=O)NC(C(=O)O)C3CCCOC3)CC2=O)c1C. The number of hydrogen-bond acceptors (Lipinski definition) is 4. The molecule has 0 radical (unpaired) electrons. The summed E-state index contributed by atoms with van der Waals surface area (Å²) in [5.74, 6) is -2.35. The number of rotatable bonds is 5. The maximum Gasteiger partial charge on any atom is 0.326 e. The standard InChI is InChI=1S/C20H26N2O5/c1-12-5-3-7-16(13(12)2)22-10-15(9-17(22)23)19(24)21-18(20(25)26)14-6-4-8-27-11-14/h3,5,7,14-15,18H,4,6,8-11H2,1-2H3,(H,21,24)(H,25,26). The number of aryl methyl sites for hydroxylation is 1. The summed E-state index contributed by atoms with van der Waals surface area (Å²) in [7, 11) is 0. The van der Waals surface area contributed by atoms with Crippen LogP contribution < -0.4 is 10.2 Å². The van der Waals surface area contributed by atoms with E-state index in [0.717, 1.165) is 23.2 Å². The molecule has 1 aromatic carbocycles. The van der Waals surface area contributed by atoms with Gasteiger partial charge in [-0.3, -0.25) is 9.59 Å². The molecular formula is C20H26N2O5. The zero-order chi connectivity index (χ0) is 19.6. The molecule has 1 aromatic rings. The molecule has 2 fully saturated rings. The first-order chi connectivity index (χ1) is 12.9. The van der Waals surface area contributed by atoms with Crippen molar-refractivity contribution < 1.29 is 24.2 Å². The zero-order valence-electron chi connectivity index (χ0n) is 15.7. The van der Waals surface area contributed by atoms with E-state index in [0.29, 0.717) is 19.6 Å². The van der Waals surface area contributed by atoms with Crippen LogP contribution in [0.3, 0.4) is 0 Å². The smallest absolute Gasteiger partial charge is 0.326 e. The van der Waals surface area contributed by atoms with Crippen molar-refractivity contribution >= 4 is 23.5 Å². The second kappa shape index (κ2) is 8.08. The predicted octanol–water partition coefficient (Wildman–Crippen LogP) is 1.65. The maximum atomic E-state index is 12.7. The van der Waals surface area contributed by atoms with Crippen LogP contribution in [0.5, 0.6) is 0 Å². The largest absolute Gasteiger partial charge is 0.480 e. The maximum absolute atomic E-state index is 12.7. The number of hydrogen-bond donors (Lipinski definition) is 2. The first kappa shape index (κ1) is 19.4. The molecule has 3 atom stereocenters. The molecule has 2 saturated heterocycles. The van der Waals surface area contributed by atoms with Gasteiger partial charge in [0.25, 0.3) is 0 Å². The lowest BCUT2D eigenvalue weighted by molar-refractivity contribution is -0.145. The molecule has 7 nitrogen and oxygen atoms in total. The Morgan fingerprint density at radius 3 is 2.78 bits per heavy atom. The number of aliphatic carboxylic acids is 1. The summed E-state index contributed by atoms with van der Waals surface area (Å²) in [5.41, 5.74) is 2.90. The average Bonchev–Trinajstić information content (AvgIpc) is 3.04. The van der Waals surface area contributed by atoms with E-state index in [4.69, 9.17) is 4.74 Å². The summed E-state index contributed by atoms with van der Waals surface area (Å²) < 4.78 is 5.36. The molecule has 0 aliphatic carbocycles. The van der Waals surface area contributed by atoms with Crippen molar-refractivity contribution in [3.63, 3.8) is 0 Å². The van der Waals surface area contributed by atoms with Crippen molar-refractivity contribution in [2.45, 2.75) is 39.2 Å². The molecule has 3 rings (SSSR count). The van der Waals surface area contributed by atoms with E-state index in [1.165, 1.54) is 0 Å². The molecule has 0 spiro atoms. The quantitative estimate of drug-likeness (QED) is 0.817. The van der Waals surface area contributed by atoms with E-state index in [1.807, 2.05) is 32.0 Å². The monoisotopic (exact) mass is 374 g/mol. The fourth-order valence-electron chi connectivity index (χ4n) is 3.82. The second-order valence-electron chi connectivity index (χ2n) is 7.43. The Labute approximate surface area is 158 Å². The van der Waals surface area contributed by atoms with Gasteiger partial charge in [0.15, 0.2) is 0 Å². The number of benzene rings is 1. The fourth-order valence-corrected chi connectivity index (χ4v) is 3.82. The number of carboxylic acid groups (broad SMARTS) is 1. The van der Waals surface area contributed by atoms with Crippen molar-refractivity contribution in [3.05, 3.63) is 29.3 Å². The van der Waals surface area contributed by atoms with Gasteiger partial charge in [0, 0.05) is 31.2 Å². The molecule has 2 aliphatic rings. The number of carbonyl (C=O) groups is 3. The molecule has 7 heteroatoms. The Hall–Kier alpha value is -2.41. The van der Waals surface area contributed by atoms with Crippen molar-refractivity contribution in [3.8, 4) is 0 Å². The van der Waals surface area contributed by atoms with Crippen LogP contribution in [-0.4, -0.2) is 48.7 Å². The van der Waals surface area contributed by atoms with Crippen LogP contribution in [-0.2, 0) is 19.1 Å². The van der Waals surface area contributed by atoms with E-state index < -0.39 is 17.9 Å². The molecule has 0 aromatic heterocycles. The molecule has 0 bridgehead atoms. The first-order valence-electron chi connectivity index (χ1n) is 9.36. The Bertz CT molecular complexity index is 742. The van der Waals surface area contributed by atoms with Gasteiger partial charge in [-0.05, 0) is 43.9 Å². The van der Waals surface area contributed by atoms with Gasteiger partial charge in [-0.1, -0.05) is 12.1 Å². The highest BCUT2D eigenvalue weighted by molar-refractivity contribution is 6.01. The number of ether oxygens (including phenoxy) is 1. The van der Waals surface area contributed by atoms with Crippen LogP contribution in [0.4, 0.5) is 5.69 Å². The second-order valence-corrected chi connectivity index (χ2v) is 7.43. The van der Waals surface area contributed by atoms with E-state index in [-0.39, 0.29) is 30.7 Å². The van der Waals surface area contributed by atoms with Gasteiger partial charge in [-0.15, -0.1) is 0 Å². The molecule has 2 heterocycles. The van der Waals surface area contributed by atoms with E-state index >= 15 is 0 Å². The Kier molecular flexibility index (Phi) is 5.79. The summed E-state index contributed by atoms with van der Waals surface area (Å²) >= 11 is 0. The summed E-state index contributed by atoms with van der Waals surface area (Å²) in [4.78, 5) is 38.4. The Morgan fingerprint density at radius 2 is 2.11 bits per heavy atom. The minimum Gasteiger partial charge on any atom is -0.480 e. The highest BCUT2D eigenvalue weighted by Crippen LogP contribution is 2.29. The fraction of sp³-hybridized carbons (Fsp3) is 0.550. The number of carboxylic acids is 1. The normalized spacial score (nSPS) is 23.9. The van der Waals surface area contributed by atoms with Gasteiger partial charge in [0.1, 0.15) is 6.04 Å².